The molecule has 0 aromatic heterocycles. The highest BCUT2D eigenvalue weighted by atomic mass is 32.2. The molecule has 0 aliphatic heterocycles. The van der Waals surface area contributed by atoms with Crippen LogP contribution in [-0.2, 0) is 16.6 Å². The van der Waals surface area contributed by atoms with Gasteiger partial charge < -0.3 is 14.8 Å². The summed E-state index contributed by atoms with van der Waals surface area (Å²) in [7, 11) is -0.420. The largest absolute Gasteiger partial charge is 0.497 e. The predicted molar refractivity (Wildman–Crippen MR) is 107 cm³/mol. The minimum absolute atomic E-state index is 0.172. The Hall–Kier alpha value is -2.58. The first kappa shape index (κ1) is 21.7. The lowest BCUT2D eigenvalue weighted by Gasteiger charge is -2.18. The van der Waals surface area contributed by atoms with E-state index < -0.39 is 10.0 Å². The number of carbonyl (C=O) groups excluding carboxylic acids is 1. The molecule has 0 radical (unpaired) electrons. The van der Waals surface area contributed by atoms with Crippen LogP contribution in [0.3, 0.4) is 0 Å². The van der Waals surface area contributed by atoms with Gasteiger partial charge in [0.15, 0.2) is 0 Å². The van der Waals surface area contributed by atoms with Crippen molar-refractivity contribution in [3.63, 3.8) is 0 Å². The van der Waals surface area contributed by atoms with E-state index in [1.54, 1.807) is 34.1 Å². The Balaban J connectivity index is 2.10. The van der Waals surface area contributed by atoms with Crippen LogP contribution in [0.4, 0.5) is 0 Å². The van der Waals surface area contributed by atoms with E-state index in [4.69, 9.17) is 9.47 Å². The lowest BCUT2D eigenvalue weighted by molar-refractivity contribution is 0.0950. The molecule has 0 unspecified atom stereocenters. The number of carbonyl (C=O) groups is 1. The van der Waals surface area contributed by atoms with Gasteiger partial charge in [0.05, 0.1) is 19.1 Å². The number of sulfonamides is 1. The van der Waals surface area contributed by atoms with E-state index in [1.165, 1.54) is 28.6 Å². The van der Waals surface area contributed by atoms with Crippen LogP contribution in [0.15, 0.2) is 47.4 Å². The fourth-order valence-electron chi connectivity index (χ4n) is 2.74. The number of hydrogen-bond donors (Lipinski definition) is 1. The molecule has 0 aliphatic carbocycles. The Labute approximate surface area is 166 Å². The molecule has 0 saturated heterocycles. The molecule has 2 rings (SSSR count). The van der Waals surface area contributed by atoms with Gasteiger partial charge in [0.1, 0.15) is 11.5 Å². The predicted octanol–water partition coefficient (Wildman–Crippen LogP) is 2.66. The summed E-state index contributed by atoms with van der Waals surface area (Å²) in [4.78, 5) is 12.6. The molecule has 0 spiro atoms. The second-order valence-corrected chi connectivity index (χ2v) is 7.96. The van der Waals surface area contributed by atoms with Gasteiger partial charge in [-0.1, -0.05) is 13.8 Å². The maximum Gasteiger partial charge on any atom is 0.251 e. The van der Waals surface area contributed by atoms with Crippen molar-refractivity contribution in [2.24, 2.45) is 0 Å². The van der Waals surface area contributed by atoms with Crippen LogP contribution in [0.5, 0.6) is 11.5 Å². The molecule has 152 valence electrons. The lowest BCUT2D eigenvalue weighted by atomic mass is 10.1. The van der Waals surface area contributed by atoms with Crippen molar-refractivity contribution in [1.82, 2.24) is 9.62 Å². The molecule has 2 aromatic carbocycles. The number of ether oxygens (including phenoxy) is 2. The Kier molecular flexibility index (Phi) is 7.42. The van der Waals surface area contributed by atoms with E-state index in [9.17, 15) is 13.2 Å². The normalized spacial score (nSPS) is 11.3. The van der Waals surface area contributed by atoms with Gasteiger partial charge in [-0.25, -0.2) is 8.42 Å². The third-order valence-electron chi connectivity index (χ3n) is 4.32. The molecule has 0 heterocycles. The Morgan fingerprint density at radius 2 is 1.50 bits per heavy atom. The quantitative estimate of drug-likeness (QED) is 0.692. The van der Waals surface area contributed by atoms with Gasteiger partial charge >= 0.3 is 0 Å². The molecule has 8 heteroatoms. The molecular formula is C20H26N2O5S. The van der Waals surface area contributed by atoms with Gasteiger partial charge in [-0.15, -0.1) is 0 Å². The summed E-state index contributed by atoms with van der Waals surface area (Å²) in [6.45, 7) is 4.65. The van der Waals surface area contributed by atoms with Gasteiger partial charge in [0.2, 0.25) is 10.0 Å². The van der Waals surface area contributed by atoms with E-state index in [2.05, 4.69) is 5.32 Å². The van der Waals surface area contributed by atoms with Crippen LogP contribution in [0.25, 0.3) is 0 Å². The molecule has 2 aromatic rings. The van der Waals surface area contributed by atoms with E-state index in [0.717, 1.165) is 5.56 Å². The van der Waals surface area contributed by atoms with E-state index >= 15 is 0 Å². The molecule has 1 amide bonds. The first-order valence-electron chi connectivity index (χ1n) is 8.96. The summed E-state index contributed by atoms with van der Waals surface area (Å²) >= 11 is 0. The first-order valence-corrected chi connectivity index (χ1v) is 10.4. The van der Waals surface area contributed by atoms with Crippen LogP contribution in [0, 0.1) is 0 Å². The maximum atomic E-state index is 12.5. The van der Waals surface area contributed by atoms with Crippen molar-refractivity contribution < 1.29 is 22.7 Å². The molecule has 1 N–H and O–H groups in total. The zero-order valence-electron chi connectivity index (χ0n) is 16.6. The Morgan fingerprint density at radius 3 is 1.96 bits per heavy atom. The van der Waals surface area contributed by atoms with Crippen LogP contribution in [0.2, 0.25) is 0 Å². The number of amides is 1. The van der Waals surface area contributed by atoms with Gasteiger partial charge in [-0.2, -0.15) is 4.31 Å². The minimum Gasteiger partial charge on any atom is -0.497 e. The number of rotatable bonds is 9. The third-order valence-corrected chi connectivity index (χ3v) is 6.39. The number of nitrogens with zero attached hydrogens (tertiary/aromatic N) is 1. The van der Waals surface area contributed by atoms with Crippen molar-refractivity contribution in [3.8, 4) is 11.5 Å². The molecule has 0 atom stereocenters. The fraction of sp³-hybridized carbons (Fsp3) is 0.350. The number of methoxy groups -OCH3 is 2. The lowest BCUT2D eigenvalue weighted by Crippen LogP contribution is -2.30. The monoisotopic (exact) mass is 406 g/mol. The summed E-state index contributed by atoms with van der Waals surface area (Å²) in [5.41, 5.74) is 1.21. The van der Waals surface area contributed by atoms with Crippen LogP contribution in [0.1, 0.15) is 29.8 Å². The number of benzene rings is 2. The summed E-state index contributed by atoms with van der Waals surface area (Å²) in [5, 5.41) is 2.81. The van der Waals surface area contributed by atoms with E-state index in [-0.39, 0.29) is 17.3 Å². The highest BCUT2D eigenvalue weighted by Gasteiger charge is 2.21. The van der Waals surface area contributed by atoms with E-state index in [0.29, 0.717) is 30.2 Å². The standard InChI is InChI=1S/C20H26N2O5S/c1-5-22(6-2)28(24,25)19-9-7-16(8-10-19)20(23)21-14-15-11-17(26-3)13-18(12-15)27-4/h7-13H,5-6,14H2,1-4H3,(H,21,23). The highest BCUT2D eigenvalue weighted by Crippen LogP contribution is 2.22. The topological polar surface area (TPSA) is 84.9 Å². The molecule has 7 nitrogen and oxygen atoms in total. The SMILES string of the molecule is CCN(CC)S(=O)(=O)c1ccc(C(=O)NCc2cc(OC)cc(OC)c2)cc1. The van der Waals surface area contributed by atoms with Crippen LogP contribution >= 0.6 is 0 Å². The first-order chi connectivity index (χ1) is 13.3. The van der Waals surface area contributed by atoms with Crippen molar-refractivity contribution in [1.29, 1.82) is 0 Å². The maximum absolute atomic E-state index is 12.5. The molecule has 0 bridgehead atoms. The minimum atomic E-state index is -3.54. The van der Waals surface area contributed by atoms with Crippen LogP contribution < -0.4 is 14.8 Å². The highest BCUT2D eigenvalue weighted by molar-refractivity contribution is 7.89. The third kappa shape index (κ3) is 5.02. The molecule has 0 aliphatic rings. The summed E-state index contributed by atoms with van der Waals surface area (Å²) < 4.78 is 36.8. The second-order valence-electron chi connectivity index (χ2n) is 6.02. The summed E-state index contributed by atoms with van der Waals surface area (Å²) in [5.74, 6) is 0.970. The van der Waals surface area contributed by atoms with Gasteiger partial charge in [0, 0.05) is 31.3 Å². The molecule has 0 fully saturated rings. The number of hydrogen-bond acceptors (Lipinski definition) is 5. The Morgan fingerprint density at radius 1 is 0.964 bits per heavy atom. The average Bonchev–Trinajstić information content (AvgIpc) is 2.72. The van der Waals surface area contributed by atoms with Gasteiger partial charge in [0.25, 0.3) is 5.91 Å². The van der Waals surface area contributed by atoms with E-state index in [1.807, 2.05) is 12.1 Å². The Bertz CT molecular complexity index is 884. The van der Waals surface area contributed by atoms with Crippen LogP contribution in [-0.4, -0.2) is 45.9 Å². The molecular weight excluding hydrogens is 380 g/mol. The zero-order valence-corrected chi connectivity index (χ0v) is 17.4. The smallest absolute Gasteiger partial charge is 0.251 e. The summed E-state index contributed by atoms with van der Waals surface area (Å²) in [6, 6.07) is 11.3. The van der Waals surface area contributed by atoms with Gasteiger partial charge in [-0.3, -0.25) is 4.79 Å². The fourth-order valence-corrected chi connectivity index (χ4v) is 4.20. The molecule has 28 heavy (non-hydrogen) atoms. The van der Waals surface area contributed by atoms with Crippen molar-refractivity contribution >= 4 is 15.9 Å². The number of nitrogens with one attached hydrogen (secondary N) is 1. The van der Waals surface area contributed by atoms with Crippen molar-refractivity contribution in [2.45, 2.75) is 25.3 Å². The second kappa shape index (κ2) is 9.57. The summed E-state index contributed by atoms with van der Waals surface area (Å²) in [6.07, 6.45) is 0. The van der Waals surface area contributed by atoms with Crippen molar-refractivity contribution in [3.05, 3.63) is 53.6 Å². The molecule has 0 saturated carbocycles. The van der Waals surface area contributed by atoms with Crippen molar-refractivity contribution in [2.75, 3.05) is 27.3 Å². The average molecular weight is 407 g/mol. The van der Waals surface area contributed by atoms with Gasteiger partial charge in [-0.05, 0) is 42.0 Å². The zero-order chi connectivity index (χ0) is 20.7.